The number of hydrazine groups is 1. The van der Waals surface area contributed by atoms with Crippen molar-refractivity contribution in [1.29, 1.82) is 0 Å². The van der Waals surface area contributed by atoms with Crippen molar-refractivity contribution in [3.63, 3.8) is 0 Å². The summed E-state index contributed by atoms with van der Waals surface area (Å²) < 4.78 is 5.20. The first-order chi connectivity index (χ1) is 7.79. The summed E-state index contributed by atoms with van der Waals surface area (Å²) in [6.45, 7) is 0. The van der Waals surface area contributed by atoms with Crippen molar-refractivity contribution < 1.29 is 4.42 Å². The van der Waals surface area contributed by atoms with E-state index in [1.54, 1.807) is 6.26 Å². The van der Waals surface area contributed by atoms with Gasteiger partial charge in [0.1, 0.15) is 10.8 Å². The van der Waals surface area contributed by atoms with Crippen molar-refractivity contribution in [2.24, 2.45) is 5.84 Å². The molecule has 3 N–H and O–H groups in total. The molecule has 0 radical (unpaired) electrons. The van der Waals surface area contributed by atoms with Crippen molar-refractivity contribution in [2.45, 2.75) is 10.8 Å². The third-order valence-corrected chi connectivity index (χ3v) is 3.17. The van der Waals surface area contributed by atoms with Gasteiger partial charge in [0.25, 0.3) is 0 Å². The van der Waals surface area contributed by atoms with E-state index >= 15 is 0 Å². The topological polar surface area (TPSA) is 77.0 Å². The zero-order valence-corrected chi connectivity index (χ0v) is 9.76. The van der Waals surface area contributed by atoms with Crippen LogP contribution in [0, 0.1) is 0 Å². The second kappa shape index (κ2) is 5.20. The van der Waals surface area contributed by atoms with E-state index in [1.807, 2.05) is 12.1 Å². The van der Waals surface area contributed by atoms with Crippen LogP contribution in [0.2, 0.25) is 5.02 Å². The van der Waals surface area contributed by atoms with E-state index in [9.17, 15) is 0 Å². The third-order valence-electron chi connectivity index (χ3n) is 1.77. The Morgan fingerprint density at radius 1 is 1.56 bits per heavy atom. The standard InChI is InChI=1S/C9H9ClN4OS/c10-7-4-12-9(14-11)13-8(7)16-5-6-2-1-3-15-6/h1-4H,5,11H2,(H,12,13,14). The number of nitrogens with one attached hydrogen (secondary N) is 1. The van der Waals surface area contributed by atoms with Gasteiger partial charge in [-0.15, -0.1) is 0 Å². The number of furan rings is 1. The molecule has 0 aliphatic heterocycles. The van der Waals surface area contributed by atoms with Crippen LogP contribution in [0.1, 0.15) is 5.76 Å². The highest BCUT2D eigenvalue weighted by atomic mass is 35.5. The van der Waals surface area contributed by atoms with Crippen molar-refractivity contribution in [3.05, 3.63) is 35.4 Å². The number of nitrogen functional groups attached to an aromatic ring is 1. The Hall–Kier alpha value is -1.24. The van der Waals surface area contributed by atoms with Crippen molar-refractivity contribution in [2.75, 3.05) is 5.43 Å². The molecule has 0 aliphatic carbocycles. The number of thioether (sulfide) groups is 1. The van der Waals surface area contributed by atoms with Gasteiger partial charge >= 0.3 is 0 Å². The lowest BCUT2D eigenvalue weighted by atomic mass is 10.5. The Labute approximate surface area is 101 Å². The highest BCUT2D eigenvalue weighted by molar-refractivity contribution is 7.98. The molecule has 0 spiro atoms. The number of hydrogen-bond donors (Lipinski definition) is 2. The van der Waals surface area contributed by atoms with E-state index in [2.05, 4.69) is 15.4 Å². The van der Waals surface area contributed by atoms with Crippen LogP contribution in [0.3, 0.4) is 0 Å². The molecule has 7 heteroatoms. The number of nitrogens with two attached hydrogens (primary N) is 1. The van der Waals surface area contributed by atoms with Crippen LogP contribution in [-0.2, 0) is 5.75 Å². The summed E-state index contributed by atoms with van der Waals surface area (Å²) in [5, 5.41) is 1.16. The van der Waals surface area contributed by atoms with Crippen LogP contribution in [-0.4, -0.2) is 9.97 Å². The summed E-state index contributed by atoms with van der Waals surface area (Å²) >= 11 is 7.41. The highest BCUT2D eigenvalue weighted by Crippen LogP contribution is 2.28. The predicted molar refractivity (Wildman–Crippen MR) is 63.1 cm³/mol. The van der Waals surface area contributed by atoms with Gasteiger partial charge < -0.3 is 4.42 Å². The fourth-order valence-electron chi connectivity index (χ4n) is 1.06. The molecule has 5 nitrogen and oxygen atoms in total. The van der Waals surface area contributed by atoms with Crippen LogP contribution in [0.4, 0.5) is 5.95 Å². The van der Waals surface area contributed by atoms with E-state index in [0.29, 0.717) is 21.7 Å². The summed E-state index contributed by atoms with van der Waals surface area (Å²) in [5.74, 6) is 7.08. The fourth-order valence-corrected chi connectivity index (χ4v) is 2.10. The van der Waals surface area contributed by atoms with E-state index in [-0.39, 0.29) is 0 Å². The number of aromatic nitrogens is 2. The molecule has 2 rings (SSSR count). The predicted octanol–water partition coefficient (Wildman–Crippen LogP) is 2.30. The minimum Gasteiger partial charge on any atom is -0.468 e. The lowest BCUT2D eigenvalue weighted by Crippen LogP contribution is -2.10. The molecule has 2 aromatic heterocycles. The summed E-state index contributed by atoms with van der Waals surface area (Å²) in [6, 6.07) is 3.73. The molecule has 0 atom stereocenters. The van der Waals surface area contributed by atoms with Crippen molar-refractivity contribution in [3.8, 4) is 0 Å². The minimum atomic E-state index is 0.339. The molecule has 2 aromatic rings. The Morgan fingerprint density at radius 2 is 2.44 bits per heavy atom. The van der Waals surface area contributed by atoms with Gasteiger partial charge in [0.15, 0.2) is 0 Å². The molecule has 0 unspecified atom stereocenters. The van der Waals surface area contributed by atoms with Gasteiger partial charge in [0, 0.05) is 0 Å². The van der Waals surface area contributed by atoms with Gasteiger partial charge in [-0.2, -0.15) is 0 Å². The number of hydrogen-bond acceptors (Lipinski definition) is 6. The van der Waals surface area contributed by atoms with Crippen LogP contribution in [0.15, 0.2) is 34.0 Å². The molecule has 0 amide bonds. The highest BCUT2D eigenvalue weighted by Gasteiger charge is 2.06. The first-order valence-corrected chi connectivity index (χ1v) is 5.80. The Bertz CT molecular complexity index is 463. The molecule has 0 saturated carbocycles. The quantitative estimate of drug-likeness (QED) is 0.378. The second-order valence-corrected chi connectivity index (χ2v) is 4.23. The van der Waals surface area contributed by atoms with Crippen LogP contribution >= 0.6 is 23.4 Å². The maximum Gasteiger partial charge on any atom is 0.238 e. The average molecular weight is 257 g/mol. The molecule has 0 aliphatic rings. The zero-order valence-electron chi connectivity index (χ0n) is 8.18. The Kier molecular flexibility index (Phi) is 3.66. The SMILES string of the molecule is NNc1ncc(Cl)c(SCc2ccco2)n1. The maximum absolute atomic E-state index is 5.95. The molecule has 0 saturated heterocycles. The molecule has 16 heavy (non-hydrogen) atoms. The smallest absolute Gasteiger partial charge is 0.238 e. The first kappa shape index (κ1) is 11.3. The zero-order chi connectivity index (χ0) is 11.4. The van der Waals surface area contributed by atoms with E-state index in [4.69, 9.17) is 21.9 Å². The molecule has 84 valence electrons. The molecule has 2 heterocycles. The molecule has 0 bridgehead atoms. The van der Waals surface area contributed by atoms with E-state index in [0.717, 1.165) is 5.76 Å². The van der Waals surface area contributed by atoms with Crippen LogP contribution in [0.5, 0.6) is 0 Å². The second-order valence-electron chi connectivity index (χ2n) is 2.86. The van der Waals surface area contributed by atoms with Gasteiger partial charge in [-0.1, -0.05) is 23.4 Å². The molecular weight excluding hydrogens is 248 g/mol. The summed E-state index contributed by atoms with van der Waals surface area (Å²) in [4.78, 5) is 8.02. The van der Waals surface area contributed by atoms with Crippen LogP contribution < -0.4 is 11.3 Å². The fraction of sp³-hybridized carbons (Fsp3) is 0.111. The number of anilines is 1. The molecular formula is C9H9ClN4OS. The number of halogens is 1. The minimum absolute atomic E-state index is 0.339. The van der Waals surface area contributed by atoms with Gasteiger partial charge in [-0.25, -0.2) is 15.8 Å². The lowest BCUT2D eigenvalue weighted by molar-refractivity contribution is 0.530. The first-order valence-electron chi connectivity index (χ1n) is 4.44. The summed E-state index contributed by atoms with van der Waals surface area (Å²) in [6.07, 6.45) is 3.14. The summed E-state index contributed by atoms with van der Waals surface area (Å²) in [7, 11) is 0. The van der Waals surface area contributed by atoms with E-state index < -0.39 is 0 Å². The number of rotatable bonds is 4. The van der Waals surface area contributed by atoms with Gasteiger partial charge in [-0.3, -0.25) is 5.43 Å². The molecule has 0 fully saturated rings. The Morgan fingerprint density at radius 3 is 3.12 bits per heavy atom. The Balaban J connectivity index is 2.08. The van der Waals surface area contributed by atoms with Crippen LogP contribution in [0.25, 0.3) is 0 Å². The summed E-state index contributed by atoms with van der Waals surface area (Å²) in [5.41, 5.74) is 2.37. The largest absolute Gasteiger partial charge is 0.468 e. The van der Waals surface area contributed by atoms with Crippen molar-refractivity contribution in [1.82, 2.24) is 9.97 Å². The van der Waals surface area contributed by atoms with Gasteiger partial charge in [0.05, 0.1) is 23.2 Å². The van der Waals surface area contributed by atoms with Gasteiger partial charge in [-0.05, 0) is 12.1 Å². The van der Waals surface area contributed by atoms with E-state index in [1.165, 1.54) is 18.0 Å². The van der Waals surface area contributed by atoms with Gasteiger partial charge in [0.2, 0.25) is 5.95 Å². The average Bonchev–Trinajstić information content (AvgIpc) is 2.81. The maximum atomic E-state index is 5.95. The van der Waals surface area contributed by atoms with Crippen molar-refractivity contribution >= 4 is 29.3 Å². The normalized spacial score (nSPS) is 10.4. The monoisotopic (exact) mass is 256 g/mol. The number of nitrogens with zero attached hydrogens (tertiary/aromatic N) is 2. The molecule has 0 aromatic carbocycles. The lowest BCUT2D eigenvalue weighted by Gasteiger charge is -2.03. The third kappa shape index (κ3) is 2.66.